The number of ether oxygens (including phenoxy) is 1. The molecule has 1 N–H and O–H groups in total. The molecule has 0 saturated carbocycles. The van der Waals surface area contributed by atoms with Crippen molar-refractivity contribution in [2.75, 3.05) is 7.11 Å². The molecule has 0 aliphatic carbocycles. The minimum Gasteiger partial charge on any atom is -0.478 e. The molecule has 0 radical (unpaired) electrons. The number of carbonyl (C=O) groups is 1. The highest BCUT2D eigenvalue weighted by Crippen LogP contribution is 2.13. The Bertz CT molecular complexity index is 357. The summed E-state index contributed by atoms with van der Waals surface area (Å²) >= 11 is 0. The number of aromatic nitrogens is 1. The van der Waals surface area contributed by atoms with E-state index >= 15 is 0 Å². The van der Waals surface area contributed by atoms with Gasteiger partial charge in [0.05, 0.1) is 11.7 Å². The number of hydrogen-bond acceptors (Lipinski definition) is 2. The van der Waals surface area contributed by atoms with Crippen LogP contribution in [-0.2, 0) is 18.2 Å². The Morgan fingerprint density at radius 1 is 1.62 bits per heavy atom. The third-order valence-electron chi connectivity index (χ3n) is 2.74. The number of aromatic carboxylic acids is 1. The fourth-order valence-corrected chi connectivity index (χ4v) is 1.79. The van der Waals surface area contributed by atoms with Gasteiger partial charge in [0, 0.05) is 32.5 Å². The molecule has 1 rings (SSSR count). The van der Waals surface area contributed by atoms with Crippen molar-refractivity contribution >= 4 is 5.97 Å². The van der Waals surface area contributed by atoms with E-state index in [2.05, 4.69) is 6.92 Å². The second kappa shape index (κ2) is 5.70. The highest BCUT2D eigenvalue weighted by Gasteiger charge is 2.13. The van der Waals surface area contributed by atoms with Crippen LogP contribution in [0.4, 0.5) is 0 Å². The highest BCUT2D eigenvalue weighted by molar-refractivity contribution is 5.87. The van der Waals surface area contributed by atoms with Crippen LogP contribution in [0, 0.1) is 0 Å². The molecule has 16 heavy (non-hydrogen) atoms. The van der Waals surface area contributed by atoms with Crippen LogP contribution in [0.15, 0.2) is 12.3 Å². The summed E-state index contributed by atoms with van der Waals surface area (Å²) in [6, 6.07) is 1.71. The molecule has 0 aromatic carbocycles. The zero-order valence-electron chi connectivity index (χ0n) is 10.1. The normalized spacial score (nSPS) is 12.7. The van der Waals surface area contributed by atoms with Crippen LogP contribution in [0.2, 0.25) is 0 Å². The second-order valence-corrected chi connectivity index (χ2v) is 3.99. The van der Waals surface area contributed by atoms with Crippen LogP contribution in [0.1, 0.15) is 35.8 Å². The van der Waals surface area contributed by atoms with Gasteiger partial charge in [-0.25, -0.2) is 4.79 Å². The standard InChI is InChI=1S/C12H19NO3/c1-4-5-11(16-3)7-10-6-9(12(14)15)8-13(10)2/h6,8,11H,4-5,7H2,1-3H3,(H,14,15). The SMILES string of the molecule is CCCC(Cc1cc(C(=O)O)cn1C)OC. The molecular weight excluding hydrogens is 206 g/mol. The lowest BCUT2D eigenvalue weighted by Crippen LogP contribution is -2.15. The smallest absolute Gasteiger partial charge is 0.337 e. The minimum absolute atomic E-state index is 0.167. The summed E-state index contributed by atoms with van der Waals surface area (Å²) in [4.78, 5) is 10.8. The predicted octanol–water partition coefficient (Wildman–Crippen LogP) is 2.08. The van der Waals surface area contributed by atoms with Gasteiger partial charge in [-0.05, 0) is 12.5 Å². The molecule has 0 amide bonds. The lowest BCUT2D eigenvalue weighted by Gasteiger charge is -2.14. The molecular formula is C12H19NO3. The van der Waals surface area contributed by atoms with Gasteiger partial charge >= 0.3 is 5.97 Å². The van der Waals surface area contributed by atoms with E-state index in [1.54, 1.807) is 19.4 Å². The monoisotopic (exact) mass is 225 g/mol. The molecule has 1 aromatic heterocycles. The molecule has 1 heterocycles. The topological polar surface area (TPSA) is 51.5 Å². The van der Waals surface area contributed by atoms with E-state index in [9.17, 15) is 4.79 Å². The summed E-state index contributed by atoms with van der Waals surface area (Å²) in [7, 11) is 3.56. The average molecular weight is 225 g/mol. The first-order chi connectivity index (χ1) is 7.58. The second-order valence-electron chi connectivity index (χ2n) is 3.99. The molecule has 1 atom stereocenters. The third kappa shape index (κ3) is 3.10. The summed E-state index contributed by atoms with van der Waals surface area (Å²) in [6.45, 7) is 2.11. The fourth-order valence-electron chi connectivity index (χ4n) is 1.79. The first-order valence-electron chi connectivity index (χ1n) is 5.49. The van der Waals surface area contributed by atoms with Gasteiger partial charge in [0.1, 0.15) is 0 Å². The van der Waals surface area contributed by atoms with Crippen molar-refractivity contribution in [3.63, 3.8) is 0 Å². The van der Waals surface area contributed by atoms with Crippen LogP contribution >= 0.6 is 0 Å². The Morgan fingerprint density at radius 2 is 2.31 bits per heavy atom. The Balaban J connectivity index is 2.75. The number of rotatable bonds is 6. The van der Waals surface area contributed by atoms with Crippen LogP contribution in [0.3, 0.4) is 0 Å². The molecule has 1 aromatic rings. The van der Waals surface area contributed by atoms with E-state index in [-0.39, 0.29) is 6.10 Å². The number of carboxylic acids is 1. The van der Waals surface area contributed by atoms with E-state index in [1.807, 2.05) is 11.6 Å². The van der Waals surface area contributed by atoms with Crippen molar-refractivity contribution in [3.8, 4) is 0 Å². The van der Waals surface area contributed by atoms with Crippen molar-refractivity contribution in [2.45, 2.75) is 32.3 Å². The molecule has 4 heteroatoms. The van der Waals surface area contributed by atoms with Gasteiger partial charge in [-0.1, -0.05) is 13.3 Å². The van der Waals surface area contributed by atoms with Crippen molar-refractivity contribution < 1.29 is 14.6 Å². The van der Waals surface area contributed by atoms with Gasteiger partial charge in [-0.15, -0.1) is 0 Å². The van der Waals surface area contributed by atoms with E-state index in [0.29, 0.717) is 5.56 Å². The summed E-state index contributed by atoms with van der Waals surface area (Å²) in [6.07, 6.45) is 4.61. The molecule has 1 unspecified atom stereocenters. The Morgan fingerprint density at radius 3 is 2.75 bits per heavy atom. The van der Waals surface area contributed by atoms with Crippen molar-refractivity contribution in [1.29, 1.82) is 0 Å². The first-order valence-corrected chi connectivity index (χ1v) is 5.49. The number of methoxy groups -OCH3 is 1. The predicted molar refractivity (Wildman–Crippen MR) is 61.8 cm³/mol. The fraction of sp³-hybridized carbons (Fsp3) is 0.583. The summed E-state index contributed by atoms with van der Waals surface area (Å²) in [5.41, 5.74) is 1.33. The Labute approximate surface area is 95.8 Å². The van der Waals surface area contributed by atoms with Crippen molar-refractivity contribution in [1.82, 2.24) is 4.57 Å². The number of hydrogen-bond donors (Lipinski definition) is 1. The Kier molecular flexibility index (Phi) is 4.55. The maximum atomic E-state index is 10.8. The van der Waals surface area contributed by atoms with Gasteiger partial charge in [-0.2, -0.15) is 0 Å². The summed E-state index contributed by atoms with van der Waals surface area (Å²) in [5.74, 6) is -0.883. The Hall–Kier alpha value is -1.29. The molecule has 0 spiro atoms. The van der Waals surface area contributed by atoms with Gasteiger partial charge in [-0.3, -0.25) is 0 Å². The number of carboxylic acid groups (broad SMARTS) is 1. The number of aryl methyl sites for hydroxylation is 1. The maximum Gasteiger partial charge on any atom is 0.337 e. The van der Waals surface area contributed by atoms with Gasteiger partial charge in [0.15, 0.2) is 0 Å². The maximum absolute atomic E-state index is 10.8. The molecule has 4 nitrogen and oxygen atoms in total. The average Bonchev–Trinajstić information content (AvgIpc) is 2.60. The van der Waals surface area contributed by atoms with Gasteiger partial charge < -0.3 is 14.4 Å². The van der Waals surface area contributed by atoms with Crippen LogP contribution in [-0.4, -0.2) is 28.9 Å². The lowest BCUT2D eigenvalue weighted by atomic mass is 10.1. The molecule has 0 saturated heterocycles. The molecule has 0 fully saturated rings. The molecule has 0 bridgehead atoms. The van der Waals surface area contributed by atoms with Crippen LogP contribution < -0.4 is 0 Å². The summed E-state index contributed by atoms with van der Waals surface area (Å²) < 4.78 is 7.21. The van der Waals surface area contributed by atoms with Crippen LogP contribution in [0.5, 0.6) is 0 Å². The van der Waals surface area contributed by atoms with Gasteiger partial charge in [0.25, 0.3) is 0 Å². The van der Waals surface area contributed by atoms with Gasteiger partial charge in [0.2, 0.25) is 0 Å². The lowest BCUT2D eigenvalue weighted by molar-refractivity contribution is 0.0696. The molecule has 90 valence electrons. The van der Waals surface area contributed by atoms with Crippen molar-refractivity contribution in [3.05, 3.63) is 23.5 Å². The zero-order chi connectivity index (χ0) is 12.1. The minimum atomic E-state index is -0.883. The quantitative estimate of drug-likeness (QED) is 0.806. The molecule has 0 aliphatic rings. The van der Waals surface area contributed by atoms with E-state index < -0.39 is 5.97 Å². The van der Waals surface area contributed by atoms with Crippen LogP contribution in [0.25, 0.3) is 0 Å². The summed E-state index contributed by atoms with van der Waals surface area (Å²) in [5, 5.41) is 8.87. The molecule has 0 aliphatic heterocycles. The van der Waals surface area contributed by atoms with E-state index in [1.165, 1.54) is 0 Å². The van der Waals surface area contributed by atoms with E-state index in [4.69, 9.17) is 9.84 Å². The highest BCUT2D eigenvalue weighted by atomic mass is 16.5. The van der Waals surface area contributed by atoms with Crippen molar-refractivity contribution in [2.24, 2.45) is 7.05 Å². The van der Waals surface area contributed by atoms with E-state index in [0.717, 1.165) is 25.0 Å². The first kappa shape index (κ1) is 12.8. The zero-order valence-corrected chi connectivity index (χ0v) is 10.1. The third-order valence-corrected chi connectivity index (χ3v) is 2.74. The number of nitrogens with zero attached hydrogens (tertiary/aromatic N) is 1. The largest absolute Gasteiger partial charge is 0.478 e.